The molecular formula is C10H10N2O6. The minimum Gasteiger partial charge on any atom is -0.465 e. The van der Waals surface area contributed by atoms with Crippen molar-refractivity contribution in [1.82, 2.24) is 5.32 Å². The second-order valence-corrected chi connectivity index (χ2v) is 3.83. The van der Waals surface area contributed by atoms with Crippen LogP contribution in [0.5, 0.6) is 11.5 Å². The first-order valence-corrected chi connectivity index (χ1v) is 4.99. The van der Waals surface area contributed by atoms with Crippen molar-refractivity contribution in [2.24, 2.45) is 0 Å². The fourth-order valence-electron chi connectivity index (χ4n) is 1.63. The molecule has 1 aliphatic heterocycles. The van der Waals surface area contributed by atoms with Gasteiger partial charge in [-0.15, -0.1) is 0 Å². The van der Waals surface area contributed by atoms with Crippen LogP contribution in [0.2, 0.25) is 0 Å². The Kier molecular flexibility index (Phi) is 2.70. The van der Waals surface area contributed by atoms with Crippen molar-refractivity contribution in [3.8, 4) is 11.5 Å². The fraction of sp³-hybridized carbons (Fsp3) is 0.300. The lowest BCUT2D eigenvalue weighted by Gasteiger charge is -2.20. The second kappa shape index (κ2) is 4.06. The van der Waals surface area contributed by atoms with Crippen molar-refractivity contribution in [2.45, 2.75) is 12.6 Å². The molecule has 0 aromatic heterocycles. The number of nitro groups is 1. The SMILES string of the molecule is CC(NC(=O)O)(c1ccc2c(c1)OCO2)[N+](=O)[O-]. The van der Waals surface area contributed by atoms with Gasteiger partial charge in [0.1, 0.15) is 0 Å². The molecule has 96 valence electrons. The summed E-state index contributed by atoms with van der Waals surface area (Å²) in [6.07, 6.45) is -1.48. The van der Waals surface area contributed by atoms with Gasteiger partial charge in [-0.25, -0.2) is 4.79 Å². The number of carbonyl (C=O) groups is 1. The molecular weight excluding hydrogens is 244 g/mol. The van der Waals surface area contributed by atoms with Crippen LogP contribution < -0.4 is 14.8 Å². The van der Waals surface area contributed by atoms with Gasteiger partial charge in [-0.05, 0) is 18.2 Å². The highest BCUT2D eigenvalue weighted by Gasteiger charge is 2.42. The van der Waals surface area contributed by atoms with Crippen molar-refractivity contribution in [1.29, 1.82) is 0 Å². The summed E-state index contributed by atoms with van der Waals surface area (Å²) in [4.78, 5) is 21.0. The number of hydrogen-bond acceptors (Lipinski definition) is 5. The normalized spacial score (nSPS) is 15.8. The number of nitrogens with zero attached hydrogens (tertiary/aromatic N) is 1. The van der Waals surface area contributed by atoms with Crippen LogP contribution in [0.3, 0.4) is 0 Å². The molecule has 1 heterocycles. The molecule has 1 aromatic carbocycles. The first-order valence-electron chi connectivity index (χ1n) is 4.99. The zero-order chi connectivity index (χ0) is 13.3. The highest BCUT2D eigenvalue weighted by atomic mass is 16.7. The van der Waals surface area contributed by atoms with Gasteiger partial charge < -0.3 is 14.6 Å². The molecule has 0 spiro atoms. The van der Waals surface area contributed by atoms with E-state index < -0.39 is 16.7 Å². The van der Waals surface area contributed by atoms with Crippen LogP contribution in [0.15, 0.2) is 18.2 Å². The van der Waals surface area contributed by atoms with Crippen LogP contribution in [0.1, 0.15) is 12.5 Å². The summed E-state index contributed by atoms with van der Waals surface area (Å²) in [7, 11) is 0. The molecule has 1 atom stereocenters. The van der Waals surface area contributed by atoms with E-state index in [1.807, 2.05) is 5.32 Å². The number of nitrogens with one attached hydrogen (secondary N) is 1. The summed E-state index contributed by atoms with van der Waals surface area (Å²) in [5.41, 5.74) is -1.77. The standard InChI is InChI=1S/C10H10N2O6/c1-10(12(15)16,11-9(13)14)6-2-3-7-8(4-6)18-5-17-7/h2-4,11H,5H2,1H3,(H,13,14). The Hall–Kier alpha value is -2.51. The Bertz CT molecular complexity index is 517. The first kappa shape index (κ1) is 12.0. The van der Waals surface area contributed by atoms with Gasteiger partial charge in [0, 0.05) is 6.92 Å². The van der Waals surface area contributed by atoms with Crippen molar-refractivity contribution < 1.29 is 24.3 Å². The molecule has 0 saturated carbocycles. The lowest BCUT2D eigenvalue weighted by atomic mass is 10.0. The Morgan fingerprint density at radius 3 is 2.78 bits per heavy atom. The van der Waals surface area contributed by atoms with E-state index in [-0.39, 0.29) is 12.4 Å². The number of ether oxygens (including phenoxy) is 2. The average Bonchev–Trinajstić information content (AvgIpc) is 2.74. The van der Waals surface area contributed by atoms with Crippen LogP contribution in [0.25, 0.3) is 0 Å². The van der Waals surface area contributed by atoms with Gasteiger partial charge in [0.05, 0.1) is 10.5 Å². The van der Waals surface area contributed by atoms with E-state index in [4.69, 9.17) is 14.6 Å². The van der Waals surface area contributed by atoms with Crippen molar-refractivity contribution in [3.63, 3.8) is 0 Å². The molecule has 1 aromatic rings. The average molecular weight is 254 g/mol. The molecule has 8 heteroatoms. The molecule has 8 nitrogen and oxygen atoms in total. The zero-order valence-corrected chi connectivity index (χ0v) is 9.37. The summed E-state index contributed by atoms with van der Waals surface area (Å²) < 4.78 is 10.2. The van der Waals surface area contributed by atoms with Gasteiger partial charge in [-0.3, -0.25) is 15.4 Å². The van der Waals surface area contributed by atoms with Crippen LogP contribution in [0.4, 0.5) is 4.79 Å². The highest BCUT2D eigenvalue weighted by molar-refractivity contribution is 5.65. The molecule has 2 N–H and O–H groups in total. The van der Waals surface area contributed by atoms with Gasteiger partial charge in [0.2, 0.25) is 6.79 Å². The number of amides is 1. The second-order valence-electron chi connectivity index (χ2n) is 3.83. The van der Waals surface area contributed by atoms with Crippen LogP contribution in [-0.2, 0) is 5.66 Å². The van der Waals surface area contributed by atoms with Crippen LogP contribution in [-0.4, -0.2) is 22.9 Å². The molecule has 1 aliphatic rings. The topological polar surface area (TPSA) is 111 Å². The van der Waals surface area contributed by atoms with E-state index in [1.165, 1.54) is 25.1 Å². The van der Waals surface area contributed by atoms with E-state index in [1.54, 1.807) is 0 Å². The lowest BCUT2D eigenvalue weighted by Crippen LogP contribution is -2.48. The van der Waals surface area contributed by atoms with Crippen LogP contribution in [0, 0.1) is 10.1 Å². The predicted octanol–water partition coefficient (Wildman–Crippen LogP) is 1.13. The lowest BCUT2D eigenvalue weighted by molar-refractivity contribution is -0.580. The third-order valence-electron chi connectivity index (χ3n) is 2.65. The van der Waals surface area contributed by atoms with E-state index in [9.17, 15) is 14.9 Å². The molecule has 18 heavy (non-hydrogen) atoms. The molecule has 2 rings (SSSR count). The molecule has 0 aliphatic carbocycles. The maximum absolute atomic E-state index is 11.1. The maximum Gasteiger partial charge on any atom is 0.410 e. The number of rotatable bonds is 3. The van der Waals surface area contributed by atoms with Gasteiger partial charge in [0.15, 0.2) is 11.5 Å². The third-order valence-corrected chi connectivity index (χ3v) is 2.65. The molecule has 1 unspecified atom stereocenters. The monoisotopic (exact) mass is 254 g/mol. The molecule has 0 fully saturated rings. The van der Waals surface area contributed by atoms with Crippen molar-refractivity contribution in [2.75, 3.05) is 6.79 Å². The Balaban J connectivity index is 2.43. The van der Waals surface area contributed by atoms with Gasteiger partial charge in [0.25, 0.3) is 0 Å². The largest absolute Gasteiger partial charge is 0.465 e. The minimum absolute atomic E-state index is 0.0420. The highest BCUT2D eigenvalue weighted by Crippen LogP contribution is 2.35. The Morgan fingerprint density at radius 2 is 2.17 bits per heavy atom. The third kappa shape index (κ3) is 1.88. The Morgan fingerprint density at radius 1 is 1.50 bits per heavy atom. The van der Waals surface area contributed by atoms with E-state index in [0.717, 1.165) is 0 Å². The van der Waals surface area contributed by atoms with Gasteiger partial charge >= 0.3 is 11.8 Å². The number of fused-ring (bicyclic) bond motifs is 1. The quantitative estimate of drug-likeness (QED) is 0.475. The fourth-order valence-corrected chi connectivity index (χ4v) is 1.63. The summed E-state index contributed by atoms with van der Waals surface area (Å²) in [6, 6.07) is 4.32. The predicted molar refractivity (Wildman–Crippen MR) is 58.1 cm³/mol. The number of carboxylic acid groups (broad SMARTS) is 1. The minimum atomic E-state index is -1.94. The number of hydrogen-bond donors (Lipinski definition) is 2. The van der Waals surface area contributed by atoms with Crippen molar-refractivity contribution in [3.05, 3.63) is 33.9 Å². The summed E-state index contributed by atoms with van der Waals surface area (Å²) >= 11 is 0. The van der Waals surface area contributed by atoms with Gasteiger partial charge in [-0.2, -0.15) is 0 Å². The molecule has 0 saturated heterocycles. The van der Waals surface area contributed by atoms with E-state index >= 15 is 0 Å². The van der Waals surface area contributed by atoms with Crippen molar-refractivity contribution >= 4 is 6.09 Å². The first-order chi connectivity index (χ1) is 8.43. The smallest absolute Gasteiger partial charge is 0.410 e. The number of benzene rings is 1. The molecule has 0 bridgehead atoms. The van der Waals surface area contributed by atoms with E-state index in [0.29, 0.717) is 11.5 Å². The van der Waals surface area contributed by atoms with E-state index in [2.05, 4.69) is 0 Å². The van der Waals surface area contributed by atoms with Crippen LogP contribution >= 0.6 is 0 Å². The maximum atomic E-state index is 11.1. The summed E-state index contributed by atoms with van der Waals surface area (Å²) in [5, 5.41) is 21.6. The zero-order valence-electron chi connectivity index (χ0n) is 9.37. The van der Waals surface area contributed by atoms with Gasteiger partial charge in [-0.1, -0.05) is 0 Å². The summed E-state index contributed by atoms with van der Waals surface area (Å²) in [6.45, 7) is 1.21. The molecule has 0 radical (unpaired) electrons. The molecule has 1 amide bonds. The Labute approximate surface area is 101 Å². The summed E-state index contributed by atoms with van der Waals surface area (Å²) in [5.74, 6) is 0.826.